The second-order valence-electron chi connectivity index (χ2n) is 8.71. The Labute approximate surface area is 197 Å². The Bertz CT molecular complexity index is 1340. The van der Waals surface area contributed by atoms with Crippen LogP contribution in [0.4, 0.5) is 10.1 Å². The van der Waals surface area contributed by atoms with E-state index in [4.69, 9.17) is 9.72 Å². The Morgan fingerprint density at radius 1 is 1.12 bits per heavy atom. The number of aliphatic hydroxyl groups is 1. The molecule has 1 aliphatic heterocycles. The summed E-state index contributed by atoms with van der Waals surface area (Å²) in [5.41, 5.74) is 3.04. The first kappa shape index (κ1) is 22.1. The minimum absolute atomic E-state index is 0.125. The number of aliphatic hydroxyl groups excluding tert-OH is 1. The van der Waals surface area contributed by atoms with Crippen LogP contribution >= 0.6 is 0 Å². The van der Waals surface area contributed by atoms with E-state index in [2.05, 4.69) is 0 Å². The minimum atomic E-state index is -0.781. The summed E-state index contributed by atoms with van der Waals surface area (Å²) in [4.78, 5) is 19.1. The predicted octanol–water partition coefficient (Wildman–Crippen LogP) is 4.44. The number of nitrogens with zero attached hydrogens (tertiary/aromatic N) is 3. The number of aromatic nitrogens is 2. The fourth-order valence-electron chi connectivity index (χ4n) is 4.54. The lowest BCUT2D eigenvalue weighted by atomic mass is 10.1. The van der Waals surface area contributed by atoms with Crippen LogP contribution in [0.25, 0.3) is 11.0 Å². The van der Waals surface area contributed by atoms with Crippen molar-refractivity contribution < 1.29 is 19.0 Å². The van der Waals surface area contributed by atoms with Gasteiger partial charge in [0.05, 0.1) is 23.3 Å². The Balaban J connectivity index is 1.39. The minimum Gasteiger partial charge on any atom is -0.491 e. The number of rotatable bonds is 7. The molecule has 174 valence electrons. The van der Waals surface area contributed by atoms with Gasteiger partial charge in [-0.15, -0.1) is 0 Å². The zero-order valence-corrected chi connectivity index (χ0v) is 18.9. The lowest BCUT2D eigenvalue weighted by Crippen LogP contribution is -2.27. The van der Waals surface area contributed by atoms with Crippen LogP contribution in [-0.4, -0.2) is 39.8 Å². The molecule has 1 saturated heterocycles. The third kappa shape index (κ3) is 4.39. The average molecular weight is 460 g/mol. The SMILES string of the molecule is Cc1cccc(OC[C@@H](O)Cn2c([C@@H]3CC(=O)N(c4ccccc4F)C3)nc3ccccc32)c1. The van der Waals surface area contributed by atoms with E-state index in [1.165, 1.54) is 11.0 Å². The third-order valence-corrected chi connectivity index (χ3v) is 6.14. The molecule has 34 heavy (non-hydrogen) atoms. The molecule has 1 fully saturated rings. The number of fused-ring (bicyclic) bond motifs is 1. The largest absolute Gasteiger partial charge is 0.491 e. The van der Waals surface area contributed by atoms with Crippen molar-refractivity contribution in [3.63, 3.8) is 0 Å². The number of para-hydroxylation sites is 3. The van der Waals surface area contributed by atoms with Crippen molar-refractivity contribution >= 4 is 22.6 Å². The predicted molar refractivity (Wildman–Crippen MR) is 129 cm³/mol. The van der Waals surface area contributed by atoms with Gasteiger partial charge in [0.2, 0.25) is 5.91 Å². The van der Waals surface area contributed by atoms with E-state index in [0.717, 1.165) is 16.6 Å². The normalized spacial score (nSPS) is 16.9. The number of amides is 1. The van der Waals surface area contributed by atoms with E-state index in [1.807, 2.05) is 60.0 Å². The van der Waals surface area contributed by atoms with E-state index in [9.17, 15) is 14.3 Å². The zero-order chi connectivity index (χ0) is 23.7. The van der Waals surface area contributed by atoms with Crippen molar-refractivity contribution in [2.75, 3.05) is 18.1 Å². The summed E-state index contributed by atoms with van der Waals surface area (Å²) in [6.45, 7) is 2.71. The van der Waals surface area contributed by atoms with Crippen LogP contribution in [0.1, 0.15) is 23.7 Å². The Kier molecular flexibility index (Phi) is 6.02. The van der Waals surface area contributed by atoms with E-state index in [0.29, 0.717) is 18.1 Å². The van der Waals surface area contributed by atoms with Crippen LogP contribution in [-0.2, 0) is 11.3 Å². The number of carbonyl (C=O) groups excluding carboxylic acids is 1. The topological polar surface area (TPSA) is 67.6 Å². The van der Waals surface area contributed by atoms with E-state index >= 15 is 0 Å². The molecular formula is C27H26FN3O3. The average Bonchev–Trinajstić information content (AvgIpc) is 3.39. The summed E-state index contributed by atoms with van der Waals surface area (Å²) in [7, 11) is 0. The van der Waals surface area contributed by atoms with Gasteiger partial charge < -0.3 is 19.3 Å². The highest BCUT2D eigenvalue weighted by Crippen LogP contribution is 2.34. The van der Waals surface area contributed by atoms with Gasteiger partial charge >= 0.3 is 0 Å². The Hall–Kier alpha value is -3.71. The smallest absolute Gasteiger partial charge is 0.227 e. The number of benzene rings is 3. The van der Waals surface area contributed by atoms with Gasteiger partial charge in [-0.05, 0) is 48.9 Å². The third-order valence-electron chi connectivity index (χ3n) is 6.14. The molecule has 2 heterocycles. The molecule has 0 saturated carbocycles. The number of aryl methyl sites for hydroxylation is 1. The number of hydrogen-bond acceptors (Lipinski definition) is 4. The van der Waals surface area contributed by atoms with Gasteiger partial charge in [0, 0.05) is 18.9 Å². The summed E-state index contributed by atoms with van der Waals surface area (Å²) in [5, 5.41) is 10.8. The Morgan fingerprint density at radius 3 is 2.74 bits per heavy atom. The molecule has 4 aromatic rings. The summed E-state index contributed by atoms with van der Waals surface area (Å²) in [6.07, 6.45) is -0.551. The molecule has 3 aromatic carbocycles. The number of ether oxygens (including phenoxy) is 1. The molecule has 0 bridgehead atoms. The lowest BCUT2D eigenvalue weighted by Gasteiger charge is -2.19. The van der Waals surface area contributed by atoms with Crippen LogP contribution in [0.5, 0.6) is 5.75 Å². The van der Waals surface area contributed by atoms with Crippen LogP contribution in [0.2, 0.25) is 0 Å². The van der Waals surface area contributed by atoms with Crippen molar-refractivity contribution in [1.82, 2.24) is 9.55 Å². The fourth-order valence-corrected chi connectivity index (χ4v) is 4.54. The number of hydrogen-bond donors (Lipinski definition) is 1. The maximum Gasteiger partial charge on any atom is 0.227 e. The van der Waals surface area contributed by atoms with Crippen molar-refractivity contribution in [3.05, 3.63) is 90.0 Å². The number of halogens is 1. The molecule has 1 aliphatic rings. The molecule has 2 atom stereocenters. The standard InChI is InChI=1S/C27H26FN3O3/c1-18-7-6-8-21(13-18)34-17-20(32)16-31-25-12-5-3-10-23(25)29-27(31)19-14-26(33)30(15-19)24-11-4-2-9-22(24)28/h2-13,19-20,32H,14-17H2,1H3/t19-,20+/m1/s1. The van der Waals surface area contributed by atoms with Gasteiger partial charge in [-0.2, -0.15) is 0 Å². The Morgan fingerprint density at radius 2 is 1.91 bits per heavy atom. The first-order chi connectivity index (χ1) is 16.5. The highest BCUT2D eigenvalue weighted by molar-refractivity contribution is 5.96. The fraction of sp³-hybridized carbons (Fsp3) is 0.259. The highest BCUT2D eigenvalue weighted by atomic mass is 19.1. The molecule has 5 rings (SSSR count). The first-order valence-electron chi connectivity index (χ1n) is 11.4. The molecule has 6 nitrogen and oxygen atoms in total. The molecule has 0 unspecified atom stereocenters. The lowest BCUT2D eigenvalue weighted by molar-refractivity contribution is -0.117. The second kappa shape index (κ2) is 9.27. The zero-order valence-electron chi connectivity index (χ0n) is 18.9. The van der Waals surface area contributed by atoms with Crippen LogP contribution in [0.15, 0.2) is 72.8 Å². The number of carbonyl (C=O) groups is 1. The summed E-state index contributed by atoms with van der Waals surface area (Å²) < 4.78 is 22.1. The van der Waals surface area contributed by atoms with Gasteiger partial charge in [-0.3, -0.25) is 4.79 Å². The van der Waals surface area contributed by atoms with Gasteiger partial charge in [-0.1, -0.05) is 36.4 Å². The van der Waals surface area contributed by atoms with E-state index in [1.54, 1.807) is 18.2 Å². The molecule has 0 radical (unpaired) electrons. The van der Waals surface area contributed by atoms with E-state index < -0.39 is 11.9 Å². The van der Waals surface area contributed by atoms with Gasteiger partial charge in [0.25, 0.3) is 0 Å². The molecular weight excluding hydrogens is 433 g/mol. The summed E-state index contributed by atoms with van der Waals surface area (Å²) >= 11 is 0. The van der Waals surface area contributed by atoms with Crippen molar-refractivity contribution in [3.8, 4) is 5.75 Å². The monoisotopic (exact) mass is 459 g/mol. The maximum atomic E-state index is 14.4. The summed E-state index contributed by atoms with van der Waals surface area (Å²) in [5.74, 6) is 0.634. The molecule has 0 spiro atoms. The number of imidazole rings is 1. The van der Waals surface area contributed by atoms with Gasteiger partial charge in [0.15, 0.2) is 0 Å². The number of anilines is 1. The highest BCUT2D eigenvalue weighted by Gasteiger charge is 2.36. The molecule has 1 N–H and O–H groups in total. The van der Waals surface area contributed by atoms with E-state index in [-0.39, 0.29) is 37.1 Å². The maximum absolute atomic E-state index is 14.4. The quantitative estimate of drug-likeness (QED) is 0.444. The van der Waals surface area contributed by atoms with Crippen molar-refractivity contribution in [1.29, 1.82) is 0 Å². The van der Waals surface area contributed by atoms with Gasteiger partial charge in [0.1, 0.15) is 30.1 Å². The van der Waals surface area contributed by atoms with Crippen LogP contribution < -0.4 is 9.64 Å². The molecule has 1 aromatic heterocycles. The van der Waals surface area contributed by atoms with Gasteiger partial charge in [-0.25, -0.2) is 9.37 Å². The van der Waals surface area contributed by atoms with Crippen LogP contribution in [0.3, 0.4) is 0 Å². The molecule has 1 amide bonds. The molecule has 0 aliphatic carbocycles. The van der Waals surface area contributed by atoms with Crippen LogP contribution in [0, 0.1) is 12.7 Å². The molecule has 7 heteroatoms. The summed E-state index contributed by atoms with van der Waals surface area (Å²) in [6, 6.07) is 21.7. The first-order valence-corrected chi connectivity index (χ1v) is 11.4. The second-order valence-corrected chi connectivity index (χ2v) is 8.71. The van der Waals surface area contributed by atoms with Crippen molar-refractivity contribution in [2.45, 2.75) is 31.9 Å². The van der Waals surface area contributed by atoms with Crippen molar-refractivity contribution in [2.24, 2.45) is 0 Å².